The summed E-state index contributed by atoms with van der Waals surface area (Å²) in [6.45, 7) is 0. The third-order valence-electron chi connectivity index (χ3n) is 4.11. The van der Waals surface area contributed by atoms with E-state index >= 15 is 0 Å². The molecule has 0 aliphatic heterocycles. The van der Waals surface area contributed by atoms with E-state index in [2.05, 4.69) is 20.6 Å². The number of nitrogens with zero attached hydrogens (tertiary/aromatic N) is 2. The van der Waals surface area contributed by atoms with Gasteiger partial charge in [0.15, 0.2) is 0 Å². The highest BCUT2D eigenvalue weighted by atomic mass is 19.1. The number of benzene rings is 2. The van der Waals surface area contributed by atoms with Gasteiger partial charge in [-0.25, -0.2) is 8.78 Å². The maximum absolute atomic E-state index is 13.8. The summed E-state index contributed by atoms with van der Waals surface area (Å²) in [4.78, 5) is 21.0. The number of anilines is 3. The Labute approximate surface area is 159 Å². The Morgan fingerprint density at radius 3 is 2.43 bits per heavy atom. The Bertz CT molecular complexity index is 1150. The standard InChI is InChI=1S/C21H14F2N4O/c22-15-6-2-7-16(23)20(15)26-14-9-11-24-18(12-14)21(28)27-17-8-1-4-13-5-3-10-25-19(13)17/h1-12H,(H,24,26)(H,27,28). The van der Waals surface area contributed by atoms with Crippen molar-refractivity contribution in [2.24, 2.45) is 0 Å². The molecule has 0 saturated carbocycles. The molecule has 0 saturated heterocycles. The van der Waals surface area contributed by atoms with Crippen LogP contribution >= 0.6 is 0 Å². The van der Waals surface area contributed by atoms with Gasteiger partial charge in [-0.3, -0.25) is 14.8 Å². The van der Waals surface area contributed by atoms with Gasteiger partial charge in [0.1, 0.15) is 23.0 Å². The van der Waals surface area contributed by atoms with E-state index in [4.69, 9.17) is 0 Å². The summed E-state index contributed by atoms with van der Waals surface area (Å²) in [5, 5.41) is 6.31. The van der Waals surface area contributed by atoms with Crippen molar-refractivity contribution in [2.45, 2.75) is 0 Å². The molecule has 7 heteroatoms. The third kappa shape index (κ3) is 3.50. The van der Waals surface area contributed by atoms with Crippen LogP contribution < -0.4 is 10.6 Å². The Morgan fingerprint density at radius 1 is 0.857 bits per heavy atom. The van der Waals surface area contributed by atoms with Crippen LogP contribution in [0.5, 0.6) is 0 Å². The zero-order valence-corrected chi connectivity index (χ0v) is 14.5. The predicted octanol–water partition coefficient (Wildman–Crippen LogP) is 4.90. The summed E-state index contributed by atoms with van der Waals surface area (Å²) < 4.78 is 27.7. The number of halogens is 2. The summed E-state index contributed by atoms with van der Waals surface area (Å²) >= 11 is 0. The Hall–Kier alpha value is -3.87. The van der Waals surface area contributed by atoms with Crippen LogP contribution in [0.25, 0.3) is 10.9 Å². The van der Waals surface area contributed by atoms with Gasteiger partial charge >= 0.3 is 0 Å². The van der Waals surface area contributed by atoms with E-state index < -0.39 is 17.5 Å². The van der Waals surface area contributed by atoms with Gasteiger partial charge in [0.25, 0.3) is 5.91 Å². The fourth-order valence-corrected chi connectivity index (χ4v) is 2.79. The van der Waals surface area contributed by atoms with E-state index in [1.165, 1.54) is 24.4 Å². The lowest BCUT2D eigenvalue weighted by atomic mass is 10.2. The Balaban J connectivity index is 1.59. The maximum atomic E-state index is 13.8. The van der Waals surface area contributed by atoms with Gasteiger partial charge in [0, 0.05) is 23.5 Å². The van der Waals surface area contributed by atoms with E-state index in [0.29, 0.717) is 16.9 Å². The van der Waals surface area contributed by atoms with Gasteiger partial charge in [-0.15, -0.1) is 0 Å². The Kier molecular flexibility index (Phi) is 4.63. The van der Waals surface area contributed by atoms with Gasteiger partial charge in [-0.1, -0.05) is 24.3 Å². The molecular formula is C21H14F2N4O. The van der Waals surface area contributed by atoms with Crippen molar-refractivity contribution in [1.29, 1.82) is 0 Å². The molecule has 0 aliphatic rings. The zero-order chi connectivity index (χ0) is 19.5. The molecule has 0 aliphatic carbocycles. The van der Waals surface area contributed by atoms with E-state index in [-0.39, 0.29) is 11.4 Å². The van der Waals surface area contributed by atoms with Gasteiger partial charge < -0.3 is 10.6 Å². The average Bonchev–Trinajstić information content (AvgIpc) is 2.71. The van der Waals surface area contributed by atoms with Gasteiger partial charge in [0.05, 0.1) is 11.2 Å². The van der Waals surface area contributed by atoms with Crippen LogP contribution in [-0.2, 0) is 0 Å². The second-order valence-corrected chi connectivity index (χ2v) is 5.99. The number of pyridine rings is 2. The lowest BCUT2D eigenvalue weighted by molar-refractivity contribution is 0.102. The molecule has 0 spiro atoms. The summed E-state index contributed by atoms with van der Waals surface area (Å²) in [6.07, 6.45) is 3.03. The normalized spacial score (nSPS) is 10.6. The first kappa shape index (κ1) is 17.5. The summed E-state index contributed by atoms with van der Waals surface area (Å²) in [5.41, 5.74) is 1.33. The number of amides is 1. The lowest BCUT2D eigenvalue weighted by Gasteiger charge is -2.11. The number of para-hydroxylation sites is 2. The van der Waals surface area contributed by atoms with E-state index in [1.807, 2.05) is 24.3 Å². The van der Waals surface area contributed by atoms with Crippen molar-refractivity contribution in [3.8, 4) is 0 Å². The van der Waals surface area contributed by atoms with E-state index in [0.717, 1.165) is 17.5 Å². The molecule has 2 aromatic heterocycles. The minimum atomic E-state index is -0.732. The highest BCUT2D eigenvalue weighted by Crippen LogP contribution is 2.24. The van der Waals surface area contributed by atoms with Crippen LogP contribution in [0.4, 0.5) is 25.8 Å². The smallest absolute Gasteiger partial charge is 0.274 e. The third-order valence-corrected chi connectivity index (χ3v) is 4.11. The van der Waals surface area contributed by atoms with E-state index in [9.17, 15) is 13.6 Å². The van der Waals surface area contributed by atoms with Crippen LogP contribution in [0.3, 0.4) is 0 Å². The van der Waals surface area contributed by atoms with Crippen molar-refractivity contribution in [2.75, 3.05) is 10.6 Å². The van der Waals surface area contributed by atoms with Crippen molar-refractivity contribution < 1.29 is 13.6 Å². The molecule has 4 rings (SSSR count). The lowest BCUT2D eigenvalue weighted by Crippen LogP contribution is -2.14. The predicted molar refractivity (Wildman–Crippen MR) is 104 cm³/mol. The van der Waals surface area contributed by atoms with Gasteiger partial charge in [0.2, 0.25) is 0 Å². The molecule has 0 fully saturated rings. The minimum Gasteiger partial charge on any atom is -0.351 e. The molecule has 0 radical (unpaired) electrons. The number of hydrogen-bond donors (Lipinski definition) is 2. The highest BCUT2D eigenvalue weighted by Gasteiger charge is 2.13. The summed E-state index contributed by atoms with van der Waals surface area (Å²) in [5.74, 6) is -1.93. The fourth-order valence-electron chi connectivity index (χ4n) is 2.79. The van der Waals surface area contributed by atoms with Gasteiger partial charge in [-0.2, -0.15) is 0 Å². The molecule has 2 N–H and O–H groups in total. The number of hydrogen-bond acceptors (Lipinski definition) is 4. The molecule has 2 aromatic carbocycles. The summed E-state index contributed by atoms with van der Waals surface area (Å²) in [7, 11) is 0. The second kappa shape index (κ2) is 7.40. The second-order valence-electron chi connectivity index (χ2n) is 5.99. The number of aromatic nitrogens is 2. The minimum absolute atomic E-state index is 0.0923. The molecule has 0 bridgehead atoms. The van der Waals surface area contributed by atoms with Crippen LogP contribution in [0.15, 0.2) is 73.1 Å². The van der Waals surface area contributed by atoms with Crippen molar-refractivity contribution in [1.82, 2.24) is 9.97 Å². The molecule has 138 valence electrons. The molecular weight excluding hydrogens is 362 g/mol. The van der Waals surface area contributed by atoms with Crippen LogP contribution in [0.1, 0.15) is 10.5 Å². The number of carbonyl (C=O) groups is 1. The molecule has 0 unspecified atom stereocenters. The Morgan fingerprint density at radius 2 is 1.61 bits per heavy atom. The average molecular weight is 376 g/mol. The number of rotatable bonds is 4. The maximum Gasteiger partial charge on any atom is 0.274 e. The topological polar surface area (TPSA) is 66.9 Å². The fraction of sp³-hybridized carbons (Fsp3) is 0. The van der Waals surface area contributed by atoms with E-state index in [1.54, 1.807) is 12.3 Å². The highest BCUT2D eigenvalue weighted by molar-refractivity contribution is 6.07. The first-order chi connectivity index (χ1) is 13.6. The number of fused-ring (bicyclic) bond motifs is 1. The van der Waals surface area contributed by atoms with Gasteiger partial charge in [-0.05, 0) is 36.4 Å². The van der Waals surface area contributed by atoms with Crippen LogP contribution in [-0.4, -0.2) is 15.9 Å². The monoisotopic (exact) mass is 376 g/mol. The zero-order valence-electron chi connectivity index (χ0n) is 14.5. The number of nitrogens with one attached hydrogen (secondary N) is 2. The summed E-state index contributed by atoms with van der Waals surface area (Å²) in [6, 6.07) is 15.7. The number of carbonyl (C=O) groups excluding carboxylic acids is 1. The quantitative estimate of drug-likeness (QED) is 0.531. The molecule has 0 atom stereocenters. The van der Waals surface area contributed by atoms with Crippen LogP contribution in [0.2, 0.25) is 0 Å². The van der Waals surface area contributed by atoms with Crippen LogP contribution in [0, 0.1) is 11.6 Å². The molecule has 2 heterocycles. The first-order valence-corrected chi connectivity index (χ1v) is 8.44. The SMILES string of the molecule is O=C(Nc1cccc2cccnc12)c1cc(Nc2c(F)cccc2F)ccn1. The molecule has 1 amide bonds. The first-order valence-electron chi connectivity index (χ1n) is 8.44. The van der Waals surface area contributed by atoms with Crippen molar-refractivity contribution in [3.63, 3.8) is 0 Å². The van der Waals surface area contributed by atoms with Crippen molar-refractivity contribution in [3.05, 3.63) is 90.4 Å². The molecule has 28 heavy (non-hydrogen) atoms. The van der Waals surface area contributed by atoms with Crippen molar-refractivity contribution >= 4 is 33.9 Å². The molecule has 5 nitrogen and oxygen atoms in total. The largest absolute Gasteiger partial charge is 0.351 e. The molecule has 4 aromatic rings.